The average molecular weight is 384 g/mol. The highest BCUT2D eigenvalue weighted by atomic mass is 19.1. The smallest absolute Gasteiger partial charge is 0.223 e. The summed E-state index contributed by atoms with van der Waals surface area (Å²) in [6, 6.07) is 10.5. The van der Waals surface area contributed by atoms with Crippen LogP contribution in [0.25, 0.3) is 22.2 Å². The Kier molecular flexibility index (Phi) is 5.13. The molecule has 0 spiro atoms. The second-order valence-electron chi connectivity index (χ2n) is 7.24. The first-order valence-corrected chi connectivity index (χ1v) is 9.53. The molecule has 0 radical (unpaired) electrons. The molecule has 2 heterocycles. The van der Waals surface area contributed by atoms with E-state index < -0.39 is 0 Å². The number of fused-ring (bicyclic) bond motifs is 1. The van der Waals surface area contributed by atoms with Gasteiger partial charge in [0.25, 0.3) is 0 Å². The molecule has 4 rings (SSSR count). The molecule has 2 aromatic carbocycles. The molecule has 1 unspecified atom stereocenters. The molecule has 1 aromatic heterocycles. The Balaban J connectivity index is 1.66. The summed E-state index contributed by atoms with van der Waals surface area (Å²) in [6.45, 7) is 0.641. The van der Waals surface area contributed by atoms with Gasteiger partial charge in [0.2, 0.25) is 5.91 Å². The molecule has 3 aromatic rings. The van der Waals surface area contributed by atoms with E-state index in [0.29, 0.717) is 13.0 Å². The van der Waals surface area contributed by atoms with Crippen LogP contribution in [0.1, 0.15) is 24.8 Å². The van der Waals surface area contributed by atoms with Gasteiger partial charge in [0.1, 0.15) is 11.6 Å². The number of hydrogen-bond donors (Lipinski definition) is 2. The highest BCUT2D eigenvalue weighted by molar-refractivity contribution is 5.91. The van der Waals surface area contributed by atoms with E-state index in [9.17, 15) is 18.7 Å². The van der Waals surface area contributed by atoms with Gasteiger partial charge in [-0.3, -0.25) is 4.79 Å². The van der Waals surface area contributed by atoms with Crippen LogP contribution in [0.5, 0.6) is 0 Å². The maximum absolute atomic E-state index is 13.9. The number of carbonyl (C=O) groups excluding carboxylic acids is 1. The third-order valence-corrected chi connectivity index (χ3v) is 5.50. The van der Waals surface area contributed by atoms with Crippen molar-refractivity contribution in [1.29, 1.82) is 0 Å². The van der Waals surface area contributed by atoms with Crippen molar-refractivity contribution in [2.75, 3.05) is 13.2 Å². The van der Waals surface area contributed by atoms with Crippen molar-refractivity contribution in [3.05, 3.63) is 59.7 Å². The van der Waals surface area contributed by atoms with Gasteiger partial charge < -0.3 is 15.0 Å². The summed E-state index contributed by atoms with van der Waals surface area (Å²) in [7, 11) is 0. The number of aromatic amines is 1. The van der Waals surface area contributed by atoms with Crippen molar-refractivity contribution in [3.63, 3.8) is 0 Å². The highest BCUT2D eigenvalue weighted by Crippen LogP contribution is 2.32. The third-order valence-electron chi connectivity index (χ3n) is 5.50. The number of aromatic nitrogens is 1. The molecule has 0 aliphatic carbocycles. The summed E-state index contributed by atoms with van der Waals surface area (Å²) >= 11 is 0. The van der Waals surface area contributed by atoms with Gasteiger partial charge in [0.05, 0.1) is 12.6 Å². The topological polar surface area (TPSA) is 56.3 Å². The Morgan fingerprint density at radius 1 is 1.14 bits per heavy atom. The summed E-state index contributed by atoms with van der Waals surface area (Å²) in [6.07, 6.45) is 2.43. The van der Waals surface area contributed by atoms with Crippen molar-refractivity contribution in [1.82, 2.24) is 9.88 Å². The minimum absolute atomic E-state index is 0.00707. The molecular formula is C22H22F2N2O2. The van der Waals surface area contributed by atoms with Crippen LogP contribution < -0.4 is 0 Å². The first-order valence-electron chi connectivity index (χ1n) is 9.53. The molecule has 1 saturated heterocycles. The Hall–Kier alpha value is -2.73. The van der Waals surface area contributed by atoms with Gasteiger partial charge >= 0.3 is 0 Å². The lowest BCUT2D eigenvalue weighted by atomic mass is 10.0. The van der Waals surface area contributed by atoms with Crippen LogP contribution in [0.4, 0.5) is 8.78 Å². The number of nitrogens with zero attached hydrogens (tertiary/aromatic N) is 1. The quantitative estimate of drug-likeness (QED) is 0.698. The molecule has 6 heteroatoms. The molecule has 2 N–H and O–H groups in total. The number of aliphatic hydroxyl groups is 1. The maximum Gasteiger partial charge on any atom is 0.223 e. The molecule has 1 amide bonds. The van der Waals surface area contributed by atoms with Crippen LogP contribution in [0.2, 0.25) is 0 Å². The molecular weight excluding hydrogens is 362 g/mol. The number of H-pyrrole nitrogens is 1. The zero-order valence-corrected chi connectivity index (χ0v) is 15.4. The van der Waals surface area contributed by atoms with Crippen molar-refractivity contribution in [3.8, 4) is 11.3 Å². The minimum Gasteiger partial charge on any atom is -0.394 e. The van der Waals surface area contributed by atoms with E-state index in [1.807, 2.05) is 0 Å². The number of likely N-dealkylation sites (tertiary alicyclic amines) is 1. The number of hydrogen-bond acceptors (Lipinski definition) is 2. The molecule has 28 heavy (non-hydrogen) atoms. The summed E-state index contributed by atoms with van der Waals surface area (Å²) in [5.74, 6) is -0.677. The number of rotatable bonds is 5. The predicted octanol–water partition coefficient (Wildman–Crippen LogP) is 4.03. The lowest BCUT2D eigenvalue weighted by Crippen LogP contribution is -2.37. The molecule has 0 bridgehead atoms. The van der Waals surface area contributed by atoms with Crippen LogP contribution >= 0.6 is 0 Å². The van der Waals surface area contributed by atoms with Gasteiger partial charge in [-0.25, -0.2) is 8.78 Å². The highest BCUT2D eigenvalue weighted by Gasteiger charge is 2.28. The summed E-state index contributed by atoms with van der Waals surface area (Å²) in [5.41, 5.74) is 3.18. The molecule has 1 atom stereocenters. The van der Waals surface area contributed by atoms with Crippen LogP contribution in [-0.2, 0) is 11.2 Å². The fourth-order valence-corrected chi connectivity index (χ4v) is 4.07. The van der Waals surface area contributed by atoms with Crippen molar-refractivity contribution in [2.45, 2.75) is 31.7 Å². The van der Waals surface area contributed by atoms with Gasteiger partial charge in [-0.2, -0.15) is 0 Å². The normalized spacial score (nSPS) is 16.8. The SMILES string of the molecule is O=C(CCc1c(-c2ccc(F)cc2)[nH]c2ccc(F)cc12)N1CCCC1CO. The lowest BCUT2D eigenvalue weighted by Gasteiger charge is -2.23. The van der Waals surface area contributed by atoms with E-state index in [1.165, 1.54) is 24.3 Å². The van der Waals surface area contributed by atoms with Gasteiger partial charge in [-0.05, 0) is 72.9 Å². The monoisotopic (exact) mass is 384 g/mol. The number of aliphatic hydroxyl groups excluding tert-OH is 1. The largest absolute Gasteiger partial charge is 0.394 e. The fourth-order valence-electron chi connectivity index (χ4n) is 4.07. The van der Waals surface area contributed by atoms with Crippen molar-refractivity contribution in [2.24, 2.45) is 0 Å². The summed E-state index contributed by atoms with van der Waals surface area (Å²) in [4.78, 5) is 17.7. The molecule has 0 saturated carbocycles. The predicted molar refractivity (Wildman–Crippen MR) is 104 cm³/mol. The van der Waals surface area contributed by atoms with Crippen LogP contribution in [0.3, 0.4) is 0 Å². The first kappa shape index (κ1) is 18.6. The number of amides is 1. The second kappa shape index (κ2) is 7.72. The van der Waals surface area contributed by atoms with E-state index in [2.05, 4.69) is 4.98 Å². The second-order valence-corrected chi connectivity index (χ2v) is 7.24. The molecule has 1 aliphatic heterocycles. The summed E-state index contributed by atoms with van der Waals surface area (Å²) in [5, 5.41) is 10.2. The molecule has 146 valence electrons. The van der Waals surface area contributed by atoms with Gasteiger partial charge in [-0.15, -0.1) is 0 Å². The third kappa shape index (κ3) is 3.52. The Morgan fingerprint density at radius 3 is 2.64 bits per heavy atom. The number of halogens is 2. The summed E-state index contributed by atoms with van der Waals surface area (Å²) < 4.78 is 27.2. The minimum atomic E-state index is -0.343. The molecule has 1 aliphatic rings. The molecule has 4 nitrogen and oxygen atoms in total. The van der Waals surface area contributed by atoms with E-state index in [4.69, 9.17) is 0 Å². The number of carbonyl (C=O) groups is 1. The van der Waals surface area contributed by atoms with Gasteiger partial charge in [-0.1, -0.05) is 0 Å². The van der Waals surface area contributed by atoms with E-state index >= 15 is 0 Å². The Morgan fingerprint density at radius 2 is 1.89 bits per heavy atom. The zero-order chi connectivity index (χ0) is 19.7. The first-order chi connectivity index (χ1) is 13.6. The fraction of sp³-hybridized carbons (Fsp3) is 0.318. The van der Waals surface area contributed by atoms with Crippen molar-refractivity contribution >= 4 is 16.8 Å². The molecule has 1 fully saturated rings. The van der Waals surface area contributed by atoms with Crippen LogP contribution in [0.15, 0.2) is 42.5 Å². The van der Waals surface area contributed by atoms with Crippen LogP contribution in [-0.4, -0.2) is 40.1 Å². The maximum atomic E-state index is 13.9. The number of benzene rings is 2. The number of nitrogens with one attached hydrogen (secondary N) is 1. The van der Waals surface area contributed by atoms with E-state index in [1.54, 1.807) is 23.1 Å². The lowest BCUT2D eigenvalue weighted by molar-refractivity contribution is -0.132. The number of aryl methyl sites for hydroxylation is 1. The Bertz CT molecular complexity index is 998. The Labute approximate surface area is 161 Å². The van der Waals surface area contributed by atoms with Gasteiger partial charge in [0.15, 0.2) is 0 Å². The van der Waals surface area contributed by atoms with Crippen LogP contribution in [0, 0.1) is 11.6 Å². The zero-order valence-electron chi connectivity index (χ0n) is 15.4. The van der Waals surface area contributed by atoms with E-state index in [0.717, 1.165) is 40.6 Å². The average Bonchev–Trinajstić information content (AvgIpc) is 3.31. The standard InChI is InChI=1S/C22H22F2N2O2/c23-15-5-3-14(4-6-15)22-18(19-12-16(24)7-9-20(19)25-22)8-10-21(28)26-11-1-2-17(26)13-27/h3-7,9,12,17,25,27H,1-2,8,10-11,13H2. The van der Waals surface area contributed by atoms with Gasteiger partial charge in [0, 0.05) is 29.6 Å². The van der Waals surface area contributed by atoms with E-state index in [-0.39, 0.29) is 36.6 Å². The van der Waals surface area contributed by atoms with Crippen molar-refractivity contribution < 1.29 is 18.7 Å².